The zero-order valence-corrected chi connectivity index (χ0v) is 15.8. The summed E-state index contributed by atoms with van der Waals surface area (Å²) in [6, 6.07) is 0. The van der Waals surface area contributed by atoms with E-state index in [2.05, 4.69) is 71.2 Å². The van der Waals surface area contributed by atoms with Gasteiger partial charge in [0.1, 0.15) is 12.7 Å². The summed E-state index contributed by atoms with van der Waals surface area (Å²) < 4.78 is 4.66. The Bertz CT molecular complexity index is 695. The Balaban J connectivity index is -0.000000200. The molecule has 4 heteroatoms. The van der Waals surface area contributed by atoms with Crippen LogP contribution in [0.3, 0.4) is 0 Å². The molecule has 0 aliphatic heterocycles. The summed E-state index contributed by atoms with van der Waals surface area (Å²) in [5.74, 6) is 27.8. The van der Waals surface area contributed by atoms with E-state index in [-0.39, 0.29) is 67.1 Å². The topological polar surface area (TPSA) is 32.3 Å². The van der Waals surface area contributed by atoms with E-state index >= 15 is 0 Å². The average molecular weight is 430 g/mol. The van der Waals surface area contributed by atoms with Crippen LogP contribution < -0.4 is 0 Å². The summed E-state index contributed by atoms with van der Waals surface area (Å²) in [6.07, 6.45) is 3.07. The fraction of sp³-hybridized carbons (Fsp3) is 0.455. The first-order valence-corrected chi connectivity index (χ1v) is 6.14. The van der Waals surface area contributed by atoms with Crippen molar-refractivity contribution >= 4 is 0 Å². The van der Waals surface area contributed by atoms with Crippen LogP contribution in [0.2, 0.25) is 0 Å². The molecule has 0 heterocycles. The first kappa shape index (κ1) is 39.3. The van der Waals surface area contributed by atoms with Crippen LogP contribution in [0, 0.1) is 76.4 Å². The maximum atomic E-state index is 11.2. The molecule has 0 N–H and O–H groups in total. The summed E-state index contributed by atoms with van der Waals surface area (Å²) >= 11 is 0. The number of nitrogens with zero attached hydrogens (tertiary/aromatic N) is 1. The van der Waals surface area contributed by atoms with Crippen molar-refractivity contribution < 1.29 is 42.1 Å². The minimum absolute atomic E-state index is 0. The van der Waals surface area contributed by atoms with E-state index in [1.165, 1.54) is 0 Å². The summed E-state index contributed by atoms with van der Waals surface area (Å²) in [4.78, 5) is 0. The van der Waals surface area contributed by atoms with Gasteiger partial charge in [-0.15, -0.1) is 0 Å². The van der Waals surface area contributed by atoms with Crippen molar-refractivity contribution in [3.8, 4) is 71.2 Å². The molecule has 26 heavy (non-hydrogen) atoms. The van der Waals surface area contributed by atoms with Crippen LogP contribution in [-0.4, -0.2) is 31.9 Å². The zero-order valence-electron chi connectivity index (χ0n) is 13.0. The van der Waals surface area contributed by atoms with Gasteiger partial charge in [-0.25, -0.2) is 0 Å². The molecule has 0 aromatic carbocycles. The molecule has 0 aromatic heterocycles. The average Bonchev–Trinajstić information content (AvgIpc) is 2.42. The molecule has 0 aliphatic carbocycles. The molecule has 0 unspecified atom stereocenters. The Morgan fingerprint density at radius 3 is 1.50 bits per heavy atom. The van der Waals surface area contributed by atoms with Crippen LogP contribution in [0.4, 0.5) is 0 Å². The van der Waals surface area contributed by atoms with E-state index in [1.807, 2.05) is 0 Å². The molecule has 0 bridgehead atoms. The molecular formula is C22H31NO2Y. The van der Waals surface area contributed by atoms with Gasteiger partial charge in [0.2, 0.25) is 0 Å². The van der Waals surface area contributed by atoms with Crippen LogP contribution in [-0.2, 0) is 37.4 Å². The second-order valence-corrected chi connectivity index (χ2v) is 4.10. The third kappa shape index (κ3) is 38.0. The molecule has 0 amide bonds. The van der Waals surface area contributed by atoms with Gasteiger partial charge in [0.05, 0.1) is 20.6 Å². The van der Waals surface area contributed by atoms with E-state index < -0.39 is 0 Å². The molecule has 3 nitrogen and oxygen atoms in total. The second-order valence-electron chi connectivity index (χ2n) is 4.10. The Morgan fingerprint density at radius 1 is 0.731 bits per heavy atom. The first-order chi connectivity index (χ1) is 10.1. The molecule has 0 fully saturated rings. The van der Waals surface area contributed by atoms with Crippen molar-refractivity contribution in [2.24, 2.45) is 0 Å². The maximum absolute atomic E-state index is 11.2. The second kappa shape index (κ2) is 28.0. The number of hydrogen-bond donors (Lipinski definition) is 0. The van der Waals surface area contributed by atoms with E-state index in [0.29, 0.717) is 19.6 Å². The molecule has 0 atom stereocenters. The fourth-order valence-electron chi connectivity index (χ4n) is 0.943. The number of hydroxylamine groups is 3. The Labute approximate surface area is 188 Å². The largest absolute Gasteiger partial charge is 0.633 e. The fourth-order valence-corrected chi connectivity index (χ4v) is 0.943. The summed E-state index contributed by atoms with van der Waals surface area (Å²) in [6.45, 7) is 2.60. The van der Waals surface area contributed by atoms with Gasteiger partial charge in [-0.1, -0.05) is 35.6 Å². The van der Waals surface area contributed by atoms with Gasteiger partial charge >= 0.3 is 0 Å². The SMILES string of the molecule is C.C.C.C.CC#CC#CC#CC#CC#CC#COCCC[N+](C)(C)[O-].[Y]. The standard InChI is InChI=1S/C18H15NO2.4CH4.Y/c1-4-5-6-7-8-9-10-11-12-13-14-17-21-18-15-16-19(2,3)20;;;;;/h15-16,18H2,1-3H3;4*1H4;. The Hall–Kier alpha value is -1.82. The quantitative estimate of drug-likeness (QED) is 0.296. The monoisotopic (exact) mass is 430 g/mol. The van der Waals surface area contributed by atoms with Crippen molar-refractivity contribution in [1.82, 2.24) is 0 Å². The number of rotatable bonds is 4. The van der Waals surface area contributed by atoms with Gasteiger partial charge < -0.3 is 14.6 Å². The maximum Gasteiger partial charge on any atom is 0.124 e. The predicted molar refractivity (Wildman–Crippen MR) is 110 cm³/mol. The van der Waals surface area contributed by atoms with Gasteiger partial charge in [-0.3, -0.25) is 0 Å². The van der Waals surface area contributed by atoms with Crippen LogP contribution in [0.15, 0.2) is 0 Å². The molecule has 0 rings (SSSR count). The van der Waals surface area contributed by atoms with Gasteiger partial charge in [-0.2, -0.15) is 0 Å². The minimum atomic E-state index is -0.331. The zero-order chi connectivity index (χ0) is 15.8. The van der Waals surface area contributed by atoms with Gasteiger partial charge in [0.25, 0.3) is 0 Å². The van der Waals surface area contributed by atoms with E-state index in [0.717, 1.165) is 0 Å². The molecule has 1 radical (unpaired) electrons. The third-order valence-electron chi connectivity index (χ3n) is 1.75. The molecule has 139 valence electrons. The number of hydrogen-bond acceptors (Lipinski definition) is 2. The molecular weight excluding hydrogens is 399 g/mol. The van der Waals surface area contributed by atoms with Crippen molar-refractivity contribution in [1.29, 1.82) is 0 Å². The van der Waals surface area contributed by atoms with Crippen LogP contribution in [0.1, 0.15) is 43.1 Å². The smallest absolute Gasteiger partial charge is 0.124 e. The Kier molecular flexibility index (Phi) is 42.3. The van der Waals surface area contributed by atoms with Crippen molar-refractivity contribution in [2.75, 3.05) is 27.2 Å². The van der Waals surface area contributed by atoms with Crippen molar-refractivity contribution in [3.05, 3.63) is 5.21 Å². The normalized spacial score (nSPS) is 5.85. The number of ether oxygens (including phenoxy) is 1. The van der Waals surface area contributed by atoms with E-state index in [9.17, 15) is 5.21 Å². The van der Waals surface area contributed by atoms with E-state index in [1.54, 1.807) is 21.0 Å². The Morgan fingerprint density at radius 2 is 1.12 bits per heavy atom. The molecule has 0 aromatic rings. The number of quaternary nitrogens is 1. The summed E-state index contributed by atoms with van der Waals surface area (Å²) in [5.41, 5.74) is 0. The van der Waals surface area contributed by atoms with Crippen molar-refractivity contribution in [3.63, 3.8) is 0 Å². The minimum Gasteiger partial charge on any atom is -0.633 e. The van der Waals surface area contributed by atoms with Crippen molar-refractivity contribution in [2.45, 2.75) is 43.1 Å². The third-order valence-corrected chi connectivity index (χ3v) is 1.75. The van der Waals surface area contributed by atoms with Gasteiger partial charge in [0, 0.05) is 68.7 Å². The van der Waals surface area contributed by atoms with Gasteiger partial charge in [0.15, 0.2) is 0 Å². The molecule has 0 spiro atoms. The van der Waals surface area contributed by atoms with Gasteiger partial charge in [-0.05, 0) is 36.5 Å². The first-order valence-electron chi connectivity index (χ1n) is 6.14. The molecule has 0 saturated carbocycles. The van der Waals surface area contributed by atoms with Crippen LogP contribution in [0.25, 0.3) is 0 Å². The summed E-state index contributed by atoms with van der Waals surface area (Å²) in [7, 11) is 3.17. The molecule has 0 aliphatic rings. The summed E-state index contributed by atoms with van der Waals surface area (Å²) in [5, 5.41) is 11.2. The van der Waals surface area contributed by atoms with E-state index in [4.69, 9.17) is 4.74 Å². The van der Waals surface area contributed by atoms with Crippen LogP contribution in [0.5, 0.6) is 0 Å². The van der Waals surface area contributed by atoms with Crippen LogP contribution >= 0.6 is 0 Å². The molecule has 0 saturated heterocycles. The predicted octanol–water partition coefficient (Wildman–Crippen LogP) is 3.51.